The summed E-state index contributed by atoms with van der Waals surface area (Å²) < 4.78 is 51.6. The molecule has 0 radical (unpaired) electrons. The van der Waals surface area contributed by atoms with Crippen LogP contribution in [0.5, 0.6) is 0 Å². The molecule has 0 atom stereocenters. The van der Waals surface area contributed by atoms with E-state index in [0.29, 0.717) is 78.7 Å². The predicted octanol–water partition coefficient (Wildman–Crippen LogP) is 20.6. The highest BCUT2D eigenvalue weighted by atomic mass is 19.4. The maximum Gasteiger partial charge on any atom is 0.416 e. The van der Waals surface area contributed by atoms with Gasteiger partial charge in [0.1, 0.15) is 0 Å². The Kier molecular flexibility index (Phi) is 13.7. The van der Waals surface area contributed by atoms with E-state index < -0.39 is 11.7 Å². The topological polar surface area (TPSA) is 124 Å². The molecule has 12 aromatic carbocycles. The van der Waals surface area contributed by atoms with Gasteiger partial charge in [-0.25, -0.2) is 19.8 Å². The van der Waals surface area contributed by atoms with E-state index in [1.54, 1.807) is 24.3 Å². The number of nitrogens with zero attached hydrogens (tertiary/aromatic N) is 9. The summed E-state index contributed by atoms with van der Waals surface area (Å²) in [6.45, 7) is 7.81. The Hall–Kier alpha value is -13.0. The zero-order valence-electron chi connectivity index (χ0n) is 48.6. The molecule has 0 spiro atoms. The van der Waals surface area contributed by atoms with Crippen LogP contribution in [0.25, 0.3) is 150 Å². The normalized spacial score (nSPS) is 11.4. The summed E-state index contributed by atoms with van der Waals surface area (Å²) in [7, 11) is 0. The summed E-state index contributed by atoms with van der Waals surface area (Å²) in [5.74, 6) is 0.940. The second-order valence-corrected chi connectivity index (χ2v) is 22.3. The molecule has 0 unspecified atom stereocenters. The van der Waals surface area contributed by atoms with Crippen molar-refractivity contribution in [2.45, 2.75) is 6.18 Å². The van der Waals surface area contributed by atoms with Crippen LogP contribution < -0.4 is 0 Å². The monoisotopic (exact) mass is 1190 g/mol. The quantitative estimate of drug-likeness (QED) is 0.126. The molecule has 9 nitrogen and oxygen atoms in total. The Labute approximate surface area is 525 Å². The molecule has 15 rings (SSSR count). The maximum absolute atomic E-state index is 15.8. The summed E-state index contributed by atoms with van der Waals surface area (Å²) in [6.07, 6.45) is -4.79. The van der Waals surface area contributed by atoms with Gasteiger partial charge in [-0.15, -0.1) is 0 Å². The molecule has 0 amide bonds. The lowest BCUT2D eigenvalue weighted by Crippen LogP contribution is -2.08. The van der Waals surface area contributed by atoms with Gasteiger partial charge in [-0.05, 0) is 177 Å². The van der Waals surface area contributed by atoms with Gasteiger partial charge in [0.25, 0.3) is 0 Å². The van der Waals surface area contributed by atoms with Gasteiger partial charge in [0.15, 0.2) is 23.2 Å². The third-order valence-corrected chi connectivity index (χ3v) is 16.9. The number of nitriles is 3. The molecule has 15 aromatic rings. The fourth-order valence-corrected chi connectivity index (χ4v) is 12.5. The molecular formula is C80H44F3N9. The van der Waals surface area contributed by atoms with Crippen molar-refractivity contribution in [1.29, 1.82) is 15.8 Å². The predicted molar refractivity (Wildman–Crippen MR) is 357 cm³/mol. The van der Waals surface area contributed by atoms with Crippen LogP contribution in [-0.2, 0) is 6.18 Å². The van der Waals surface area contributed by atoms with Crippen LogP contribution in [0.3, 0.4) is 0 Å². The van der Waals surface area contributed by atoms with Crippen molar-refractivity contribution in [3.63, 3.8) is 0 Å². The van der Waals surface area contributed by atoms with Gasteiger partial charge in [-0.3, -0.25) is 0 Å². The molecule has 3 aromatic heterocycles. The molecule has 0 N–H and O–H groups in total. The Balaban J connectivity index is 1.04. The maximum atomic E-state index is 15.8. The van der Waals surface area contributed by atoms with Gasteiger partial charge >= 0.3 is 6.18 Å². The number of halogens is 3. The standard InChI is InChI=1S/C80H44F3N9/c1-87-63-23-11-22-57(39-63)61-25-32-73-68(43-61)67-40-58(54-19-8-12-49(36-54)46-84)24-31-72(67)91(73)64-29-30-65(79-89-77(52-15-4-2-5-16-52)88-78(90-79)53-17-6-3-7-18-53)66(45-64)71-44-62(80(81,82)83)28-35-76(71)92-74-33-26-59(55-20-9-13-50(37-55)47-85)41-69(74)70-42-60(27-34-75(70)92)56-21-10-14-51(38-56)48-86/h2-45H. The summed E-state index contributed by atoms with van der Waals surface area (Å²) in [5, 5.41) is 33.2. The number of benzene rings is 12. The number of rotatable bonds is 10. The first-order valence-corrected chi connectivity index (χ1v) is 29.4. The first-order valence-electron chi connectivity index (χ1n) is 29.4. The third kappa shape index (κ3) is 9.99. The minimum absolute atomic E-state index is 0.219. The Morgan fingerprint density at radius 1 is 0.337 bits per heavy atom. The molecule has 3 heterocycles. The molecule has 0 aliphatic heterocycles. The zero-order valence-corrected chi connectivity index (χ0v) is 48.6. The first-order chi connectivity index (χ1) is 45.0. The van der Waals surface area contributed by atoms with Crippen molar-refractivity contribution in [1.82, 2.24) is 24.1 Å². The van der Waals surface area contributed by atoms with Gasteiger partial charge in [0.2, 0.25) is 0 Å². The van der Waals surface area contributed by atoms with E-state index in [1.807, 2.05) is 205 Å². The Morgan fingerprint density at radius 2 is 0.739 bits per heavy atom. The van der Waals surface area contributed by atoms with Crippen LogP contribution in [0.2, 0.25) is 0 Å². The minimum atomic E-state index is -4.79. The highest BCUT2D eigenvalue weighted by molar-refractivity contribution is 6.14. The lowest BCUT2D eigenvalue weighted by atomic mass is 9.94. The van der Waals surface area contributed by atoms with Gasteiger partial charge < -0.3 is 9.13 Å². The van der Waals surface area contributed by atoms with Crippen molar-refractivity contribution >= 4 is 49.3 Å². The van der Waals surface area contributed by atoms with Gasteiger partial charge in [-0.2, -0.15) is 29.0 Å². The first kappa shape index (κ1) is 55.6. The van der Waals surface area contributed by atoms with Crippen molar-refractivity contribution in [2.24, 2.45) is 0 Å². The van der Waals surface area contributed by atoms with E-state index in [4.69, 9.17) is 21.5 Å². The zero-order chi connectivity index (χ0) is 62.6. The van der Waals surface area contributed by atoms with Gasteiger partial charge in [0, 0.05) is 49.5 Å². The summed E-state index contributed by atoms with van der Waals surface area (Å²) in [6, 6.07) is 89.3. The second-order valence-electron chi connectivity index (χ2n) is 22.3. The van der Waals surface area contributed by atoms with E-state index in [1.165, 1.54) is 12.1 Å². The molecule has 0 saturated carbocycles. The van der Waals surface area contributed by atoms with Crippen molar-refractivity contribution in [2.75, 3.05) is 0 Å². The average Bonchev–Trinajstić information content (AvgIpc) is 1.55. The molecule has 92 heavy (non-hydrogen) atoms. The molecule has 430 valence electrons. The van der Waals surface area contributed by atoms with Gasteiger partial charge in [-0.1, -0.05) is 140 Å². The van der Waals surface area contributed by atoms with Crippen LogP contribution in [-0.4, -0.2) is 24.1 Å². The van der Waals surface area contributed by atoms with Crippen molar-refractivity contribution in [3.8, 4) is 119 Å². The van der Waals surface area contributed by atoms with E-state index in [-0.39, 0.29) is 11.4 Å². The van der Waals surface area contributed by atoms with E-state index in [2.05, 4.69) is 51.9 Å². The lowest BCUT2D eigenvalue weighted by molar-refractivity contribution is -0.137. The molecule has 12 heteroatoms. The SMILES string of the molecule is [C-]#[N+]c1cccc(-c2ccc3c(c2)c2cc(-c4cccc(C#N)c4)ccc2n3-c2ccc(-c3nc(-c4ccccc4)nc(-c4ccccc4)n3)c(-c3cc(C(F)(F)F)ccc3-n3c4ccc(-c5cccc(C#N)c5)cc4c4cc(-c5cccc(C#N)c5)ccc43)c2)c1. The smallest absolute Gasteiger partial charge is 0.309 e. The van der Waals surface area contributed by atoms with Crippen LogP contribution in [0, 0.1) is 40.6 Å². The fraction of sp³-hybridized carbons (Fsp3) is 0.0125. The third-order valence-electron chi connectivity index (χ3n) is 16.9. The molecule has 0 fully saturated rings. The molecule has 0 aliphatic carbocycles. The Bertz CT molecular complexity index is 5410. The van der Waals surface area contributed by atoms with Crippen molar-refractivity contribution < 1.29 is 13.2 Å². The number of hydrogen-bond acceptors (Lipinski definition) is 6. The highest BCUT2D eigenvalue weighted by Crippen LogP contribution is 2.46. The van der Waals surface area contributed by atoms with Crippen LogP contribution in [0.4, 0.5) is 18.9 Å². The highest BCUT2D eigenvalue weighted by Gasteiger charge is 2.33. The van der Waals surface area contributed by atoms with Crippen LogP contribution in [0.1, 0.15) is 22.3 Å². The van der Waals surface area contributed by atoms with Crippen LogP contribution in [0.15, 0.2) is 267 Å². The molecular weight excluding hydrogens is 1140 g/mol. The minimum Gasteiger partial charge on any atom is -0.309 e. The lowest BCUT2D eigenvalue weighted by Gasteiger charge is -2.20. The number of aromatic nitrogens is 5. The summed E-state index contributed by atoms with van der Waals surface area (Å²) in [5.41, 5.74) is 14.3. The second kappa shape index (κ2) is 22.6. The summed E-state index contributed by atoms with van der Waals surface area (Å²) in [4.78, 5) is 19.1. The fourth-order valence-electron chi connectivity index (χ4n) is 12.5. The Morgan fingerprint density at radius 3 is 1.17 bits per heavy atom. The van der Waals surface area contributed by atoms with E-state index in [9.17, 15) is 15.8 Å². The van der Waals surface area contributed by atoms with Gasteiger partial charge in [0.05, 0.1) is 74.8 Å². The summed E-state index contributed by atoms with van der Waals surface area (Å²) >= 11 is 0. The van der Waals surface area contributed by atoms with Crippen LogP contribution >= 0.6 is 0 Å². The molecule has 0 saturated heterocycles. The van der Waals surface area contributed by atoms with E-state index in [0.717, 1.165) is 83.2 Å². The number of alkyl halides is 3. The molecule has 0 bridgehead atoms. The largest absolute Gasteiger partial charge is 0.416 e. The average molecular weight is 1190 g/mol. The number of hydrogen-bond donors (Lipinski definition) is 0. The molecule has 0 aliphatic rings. The van der Waals surface area contributed by atoms with E-state index >= 15 is 13.2 Å². The number of fused-ring (bicyclic) bond motifs is 6. The van der Waals surface area contributed by atoms with Crippen molar-refractivity contribution in [3.05, 3.63) is 301 Å².